The lowest BCUT2D eigenvalue weighted by atomic mass is 10.1. The fourth-order valence-electron chi connectivity index (χ4n) is 2.01. The Morgan fingerprint density at radius 2 is 2.14 bits per heavy atom. The van der Waals surface area contributed by atoms with E-state index in [4.69, 9.17) is 4.42 Å². The third kappa shape index (κ3) is 2.54. The highest BCUT2D eigenvalue weighted by atomic mass is 16.4. The van der Waals surface area contributed by atoms with E-state index in [1.165, 1.54) is 25.7 Å². The molecule has 1 fully saturated rings. The standard InChI is InChI=1S/C10H17N3O/c1-8-12-13-10(14-8)7-11-6-9-4-2-3-5-9/h9,11H,2-7H2,1H3. The summed E-state index contributed by atoms with van der Waals surface area (Å²) in [5.74, 6) is 2.20. The molecular formula is C10H17N3O. The molecular weight excluding hydrogens is 178 g/mol. The van der Waals surface area contributed by atoms with Crippen molar-refractivity contribution in [1.82, 2.24) is 15.5 Å². The molecule has 1 heterocycles. The topological polar surface area (TPSA) is 51.0 Å². The van der Waals surface area contributed by atoms with Gasteiger partial charge in [0.15, 0.2) is 0 Å². The fraction of sp³-hybridized carbons (Fsp3) is 0.800. The van der Waals surface area contributed by atoms with Gasteiger partial charge >= 0.3 is 0 Å². The summed E-state index contributed by atoms with van der Waals surface area (Å²) in [6.45, 7) is 3.60. The highest BCUT2D eigenvalue weighted by molar-refractivity contribution is 4.78. The molecule has 0 spiro atoms. The maximum atomic E-state index is 5.26. The van der Waals surface area contributed by atoms with Crippen molar-refractivity contribution >= 4 is 0 Å². The Morgan fingerprint density at radius 1 is 1.36 bits per heavy atom. The summed E-state index contributed by atoms with van der Waals surface area (Å²) in [5.41, 5.74) is 0. The van der Waals surface area contributed by atoms with E-state index < -0.39 is 0 Å². The Labute approximate surface area is 84.1 Å². The average Bonchev–Trinajstić information content (AvgIpc) is 2.77. The van der Waals surface area contributed by atoms with Crippen LogP contribution in [-0.2, 0) is 6.54 Å². The van der Waals surface area contributed by atoms with Gasteiger partial charge in [-0.15, -0.1) is 10.2 Å². The molecule has 1 aromatic rings. The lowest BCUT2D eigenvalue weighted by Gasteiger charge is -2.08. The van der Waals surface area contributed by atoms with Crippen LogP contribution in [0.3, 0.4) is 0 Å². The molecule has 1 aliphatic rings. The zero-order valence-corrected chi connectivity index (χ0v) is 8.62. The molecule has 4 nitrogen and oxygen atoms in total. The van der Waals surface area contributed by atoms with Gasteiger partial charge in [-0.3, -0.25) is 0 Å². The van der Waals surface area contributed by atoms with Crippen LogP contribution in [0.15, 0.2) is 4.42 Å². The minimum atomic E-state index is 0.641. The molecule has 1 aromatic heterocycles. The third-order valence-corrected chi connectivity index (χ3v) is 2.75. The lowest BCUT2D eigenvalue weighted by molar-refractivity contribution is 0.422. The molecule has 1 saturated carbocycles. The third-order valence-electron chi connectivity index (χ3n) is 2.75. The first-order chi connectivity index (χ1) is 6.84. The maximum absolute atomic E-state index is 5.26. The summed E-state index contributed by atoms with van der Waals surface area (Å²) in [5, 5.41) is 11.1. The maximum Gasteiger partial charge on any atom is 0.230 e. The van der Waals surface area contributed by atoms with Crippen LogP contribution in [0.25, 0.3) is 0 Å². The van der Waals surface area contributed by atoms with Crippen LogP contribution in [0.1, 0.15) is 37.5 Å². The summed E-state index contributed by atoms with van der Waals surface area (Å²) >= 11 is 0. The van der Waals surface area contributed by atoms with Gasteiger partial charge in [0.1, 0.15) is 0 Å². The minimum Gasteiger partial charge on any atom is -0.424 e. The van der Waals surface area contributed by atoms with Crippen LogP contribution in [-0.4, -0.2) is 16.7 Å². The SMILES string of the molecule is Cc1nnc(CNCC2CCCC2)o1. The molecule has 1 N–H and O–H groups in total. The van der Waals surface area contributed by atoms with Crippen molar-refractivity contribution in [1.29, 1.82) is 0 Å². The molecule has 2 rings (SSSR count). The summed E-state index contributed by atoms with van der Waals surface area (Å²) in [6.07, 6.45) is 5.53. The van der Waals surface area contributed by atoms with Crippen LogP contribution in [0.4, 0.5) is 0 Å². The number of rotatable bonds is 4. The van der Waals surface area contributed by atoms with E-state index in [0.29, 0.717) is 18.3 Å². The number of aromatic nitrogens is 2. The van der Waals surface area contributed by atoms with Gasteiger partial charge in [-0.2, -0.15) is 0 Å². The normalized spacial score (nSPS) is 17.8. The molecule has 4 heteroatoms. The number of nitrogens with zero attached hydrogens (tertiary/aromatic N) is 2. The Bertz CT molecular complexity index is 279. The van der Waals surface area contributed by atoms with Gasteiger partial charge < -0.3 is 9.73 Å². The monoisotopic (exact) mass is 195 g/mol. The molecule has 0 unspecified atom stereocenters. The van der Waals surface area contributed by atoms with Crippen molar-refractivity contribution in [3.05, 3.63) is 11.8 Å². The Morgan fingerprint density at radius 3 is 2.79 bits per heavy atom. The molecule has 0 aromatic carbocycles. The van der Waals surface area contributed by atoms with Gasteiger partial charge in [0, 0.05) is 6.92 Å². The Hall–Kier alpha value is -0.900. The van der Waals surface area contributed by atoms with Crippen LogP contribution >= 0.6 is 0 Å². The highest BCUT2D eigenvalue weighted by Crippen LogP contribution is 2.23. The molecule has 1 aliphatic carbocycles. The predicted molar refractivity (Wildman–Crippen MR) is 52.7 cm³/mol. The van der Waals surface area contributed by atoms with Gasteiger partial charge in [-0.05, 0) is 25.3 Å². The largest absolute Gasteiger partial charge is 0.424 e. The van der Waals surface area contributed by atoms with Gasteiger partial charge in [0.05, 0.1) is 6.54 Å². The van der Waals surface area contributed by atoms with Gasteiger partial charge in [0.2, 0.25) is 11.8 Å². The summed E-state index contributed by atoms with van der Waals surface area (Å²) in [4.78, 5) is 0. The van der Waals surface area contributed by atoms with Crippen molar-refractivity contribution in [2.45, 2.75) is 39.2 Å². The molecule has 14 heavy (non-hydrogen) atoms. The fourth-order valence-corrected chi connectivity index (χ4v) is 2.01. The van der Waals surface area contributed by atoms with Crippen LogP contribution in [0.2, 0.25) is 0 Å². The Kier molecular flexibility index (Phi) is 3.14. The van der Waals surface area contributed by atoms with E-state index in [-0.39, 0.29) is 0 Å². The van der Waals surface area contributed by atoms with E-state index in [9.17, 15) is 0 Å². The van der Waals surface area contributed by atoms with Crippen LogP contribution in [0, 0.1) is 12.8 Å². The van der Waals surface area contributed by atoms with Crippen molar-refractivity contribution < 1.29 is 4.42 Å². The second-order valence-electron chi connectivity index (χ2n) is 4.00. The molecule has 0 aliphatic heterocycles. The second kappa shape index (κ2) is 4.55. The van der Waals surface area contributed by atoms with Crippen molar-refractivity contribution in [3.63, 3.8) is 0 Å². The first kappa shape index (κ1) is 9.65. The summed E-state index contributed by atoms with van der Waals surface area (Å²) in [7, 11) is 0. The van der Waals surface area contributed by atoms with Gasteiger partial charge in [-0.1, -0.05) is 12.8 Å². The molecule has 0 radical (unpaired) electrons. The summed E-state index contributed by atoms with van der Waals surface area (Å²) in [6, 6.07) is 0. The number of nitrogens with one attached hydrogen (secondary N) is 1. The van der Waals surface area contributed by atoms with Crippen LogP contribution in [0.5, 0.6) is 0 Å². The van der Waals surface area contributed by atoms with Gasteiger partial charge in [0.25, 0.3) is 0 Å². The minimum absolute atomic E-state index is 0.641. The van der Waals surface area contributed by atoms with E-state index in [1.54, 1.807) is 0 Å². The van der Waals surface area contributed by atoms with Crippen molar-refractivity contribution in [2.24, 2.45) is 5.92 Å². The molecule has 0 atom stereocenters. The quantitative estimate of drug-likeness (QED) is 0.793. The highest BCUT2D eigenvalue weighted by Gasteiger charge is 2.14. The number of aryl methyl sites for hydroxylation is 1. The zero-order chi connectivity index (χ0) is 9.80. The molecule has 0 amide bonds. The Balaban J connectivity index is 1.67. The molecule has 0 bridgehead atoms. The number of hydrogen-bond acceptors (Lipinski definition) is 4. The van der Waals surface area contributed by atoms with Crippen molar-refractivity contribution in [2.75, 3.05) is 6.54 Å². The molecule has 0 saturated heterocycles. The van der Waals surface area contributed by atoms with Gasteiger partial charge in [-0.25, -0.2) is 0 Å². The first-order valence-corrected chi connectivity index (χ1v) is 5.34. The van der Waals surface area contributed by atoms with Crippen LogP contribution < -0.4 is 5.32 Å². The average molecular weight is 195 g/mol. The van der Waals surface area contributed by atoms with E-state index in [2.05, 4.69) is 15.5 Å². The first-order valence-electron chi connectivity index (χ1n) is 5.34. The van der Waals surface area contributed by atoms with E-state index >= 15 is 0 Å². The second-order valence-corrected chi connectivity index (χ2v) is 4.00. The smallest absolute Gasteiger partial charge is 0.230 e. The predicted octanol–water partition coefficient (Wildman–Crippen LogP) is 1.66. The lowest BCUT2D eigenvalue weighted by Crippen LogP contribution is -2.20. The van der Waals surface area contributed by atoms with E-state index in [0.717, 1.165) is 12.5 Å². The summed E-state index contributed by atoms with van der Waals surface area (Å²) < 4.78 is 5.26. The zero-order valence-electron chi connectivity index (χ0n) is 8.62. The van der Waals surface area contributed by atoms with E-state index in [1.807, 2.05) is 6.92 Å². The van der Waals surface area contributed by atoms with Crippen molar-refractivity contribution in [3.8, 4) is 0 Å². The molecule has 78 valence electrons. The number of hydrogen-bond donors (Lipinski definition) is 1.